The number of pyridine rings is 1. The molecule has 0 aliphatic carbocycles. The summed E-state index contributed by atoms with van der Waals surface area (Å²) in [4.78, 5) is 4.52. The van der Waals surface area contributed by atoms with Crippen molar-refractivity contribution in [3.63, 3.8) is 0 Å². The summed E-state index contributed by atoms with van der Waals surface area (Å²) in [7, 11) is 0. The summed E-state index contributed by atoms with van der Waals surface area (Å²) < 4.78 is 0. The van der Waals surface area contributed by atoms with E-state index in [2.05, 4.69) is 61.4 Å². The average molecular weight is 242 g/mol. The van der Waals surface area contributed by atoms with E-state index in [9.17, 15) is 0 Å². The van der Waals surface area contributed by atoms with Gasteiger partial charge in [0.1, 0.15) is 0 Å². The highest BCUT2D eigenvalue weighted by molar-refractivity contribution is 5.79. The monoisotopic (exact) mass is 242 g/mol. The van der Waals surface area contributed by atoms with Crippen LogP contribution >= 0.6 is 0 Å². The van der Waals surface area contributed by atoms with Crippen molar-refractivity contribution in [2.75, 3.05) is 0 Å². The molecule has 18 heavy (non-hydrogen) atoms. The summed E-state index contributed by atoms with van der Waals surface area (Å²) in [6.45, 7) is 9.61. The molecule has 0 radical (unpaired) electrons. The Kier molecular flexibility index (Phi) is 3.67. The highest BCUT2D eigenvalue weighted by atomic mass is 14.9. The van der Waals surface area contributed by atoms with Gasteiger partial charge in [-0.05, 0) is 51.0 Å². The zero-order chi connectivity index (χ0) is 13.2. The highest BCUT2D eigenvalue weighted by Crippen LogP contribution is 2.16. The van der Waals surface area contributed by atoms with Gasteiger partial charge in [0.15, 0.2) is 0 Å². The lowest BCUT2D eigenvalue weighted by Gasteiger charge is -2.24. The summed E-state index contributed by atoms with van der Waals surface area (Å²) in [5.41, 5.74) is 3.66. The van der Waals surface area contributed by atoms with Crippen LogP contribution < -0.4 is 5.32 Å². The van der Waals surface area contributed by atoms with Crippen LogP contribution in [0.3, 0.4) is 0 Å². The second kappa shape index (κ2) is 5.07. The minimum absolute atomic E-state index is 0.195. The first kappa shape index (κ1) is 13.0. The fourth-order valence-electron chi connectivity index (χ4n) is 1.85. The van der Waals surface area contributed by atoms with Gasteiger partial charge in [-0.25, -0.2) is 0 Å². The maximum Gasteiger partial charge on any atom is 0.0705 e. The van der Waals surface area contributed by atoms with E-state index in [1.54, 1.807) is 0 Å². The molecule has 0 unspecified atom stereocenters. The van der Waals surface area contributed by atoms with Crippen molar-refractivity contribution in [1.82, 2.24) is 10.3 Å². The Morgan fingerprint density at radius 2 is 1.94 bits per heavy atom. The van der Waals surface area contributed by atoms with Gasteiger partial charge in [-0.2, -0.15) is 0 Å². The number of hydrogen-bond acceptors (Lipinski definition) is 2. The first-order valence-electron chi connectivity index (χ1n) is 6.61. The van der Waals surface area contributed by atoms with Gasteiger partial charge in [0.2, 0.25) is 0 Å². The van der Waals surface area contributed by atoms with Gasteiger partial charge in [0, 0.05) is 23.2 Å². The maximum absolute atomic E-state index is 4.52. The smallest absolute Gasteiger partial charge is 0.0705 e. The van der Waals surface area contributed by atoms with Crippen molar-refractivity contribution in [3.8, 4) is 0 Å². The fourth-order valence-corrected chi connectivity index (χ4v) is 1.85. The molecular weight excluding hydrogens is 220 g/mol. The molecule has 0 amide bonds. The molecule has 0 bridgehead atoms. The molecule has 2 nitrogen and oxygen atoms in total. The largest absolute Gasteiger partial charge is 0.308 e. The molecule has 0 aliphatic heterocycles. The molecule has 1 aromatic carbocycles. The van der Waals surface area contributed by atoms with Crippen LogP contribution in [-0.2, 0) is 6.54 Å². The number of aromatic nitrogens is 1. The first-order valence-corrected chi connectivity index (χ1v) is 6.61. The zero-order valence-corrected chi connectivity index (χ0v) is 11.7. The number of nitrogens with zero attached hydrogens (tertiary/aromatic N) is 1. The van der Waals surface area contributed by atoms with Crippen LogP contribution in [0.25, 0.3) is 10.9 Å². The van der Waals surface area contributed by atoms with E-state index in [0.717, 1.165) is 24.2 Å². The van der Waals surface area contributed by atoms with Crippen LogP contribution in [0.5, 0.6) is 0 Å². The van der Waals surface area contributed by atoms with Crippen LogP contribution in [0.4, 0.5) is 0 Å². The van der Waals surface area contributed by atoms with E-state index >= 15 is 0 Å². The Hall–Kier alpha value is -1.41. The van der Waals surface area contributed by atoms with Crippen molar-refractivity contribution >= 4 is 10.9 Å². The van der Waals surface area contributed by atoms with Gasteiger partial charge < -0.3 is 5.32 Å². The third-order valence-electron chi connectivity index (χ3n) is 3.55. The number of aryl methyl sites for hydroxylation is 1. The van der Waals surface area contributed by atoms with Crippen LogP contribution in [0.2, 0.25) is 0 Å². The van der Waals surface area contributed by atoms with Gasteiger partial charge >= 0.3 is 0 Å². The second-order valence-corrected chi connectivity index (χ2v) is 5.57. The van der Waals surface area contributed by atoms with Crippen molar-refractivity contribution in [1.29, 1.82) is 0 Å². The summed E-state index contributed by atoms with van der Waals surface area (Å²) in [6.07, 6.45) is 1.13. The van der Waals surface area contributed by atoms with E-state index in [1.165, 1.54) is 10.9 Å². The van der Waals surface area contributed by atoms with Crippen LogP contribution in [0.1, 0.15) is 38.4 Å². The number of rotatable bonds is 4. The molecule has 1 heterocycles. The number of hydrogen-bond donors (Lipinski definition) is 1. The molecular formula is C16H22N2. The van der Waals surface area contributed by atoms with Gasteiger partial charge in [0.25, 0.3) is 0 Å². The lowest BCUT2D eigenvalue weighted by molar-refractivity contribution is 0.374. The lowest BCUT2D eigenvalue weighted by Crippen LogP contribution is -2.37. The Labute approximate surface area is 109 Å². The molecule has 2 aromatic rings. The van der Waals surface area contributed by atoms with Gasteiger partial charge in [-0.3, -0.25) is 4.98 Å². The van der Waals surface area contributed by atoms with Crippen molar-refractivity contribution in [2.24, 2.45) is 0 Å². The topological polar surface area (TPSA) is 24.9 Å². The summed E-state index contributed by atoms with van der Waals surface area (Å²) >= 11 is 0. The van der Waals surface area contributed by atoms with Crippen LogP contribution in [-0.4, -0.2) is 10.5 Å². The van der Waals surface area contributed by atoms with Crippen LogP contribution in [0.15, 0.2) is 30.3 Å². The summed E-state index contributed by atoms with van der Waals surface area (Å²) in [6, 6.07) is 10.7. The number of nitrogens with one attached hydrogen (secondary N) is 1. The average Bonchev–Trinajstić information content (AvgIpc) is 2.36. The first-order chi connectivity index (χ1) is 8.50. The van der Waals surface area contributed by atoms with Gasteiger partial charge in [0.05, 0.1) is 5.52 Å². The van der Waals surface area contributed by atoms with Crippen molar-refractivity contribution in [3.05, 3.63) is 41.6 Å². The molecule has 2 heteroatoms. The third-order valence-corrected chi connectivity index (χ3v) is 3.55. The predicted molar refractivity (Wildman–Crippen MR) is 77.7 cm³/mol. The van der Waals surface area contributed by atoms with Crippen molar-refractivity contribution < 1.29 is 0 Å². The standard InChI is InChI=1S/C16H22N2/c1-5-16(3,4)17-11-13-7-9-15-14(10-13)8-6-12(2)18-15/h6-10,17H,5,11H2,1-4H3. The van der Waals surface area contributed by atoms with E-state index in [-0.39, 0.29) is 5.54 Å². The number of fused-ring (bicyclic) bond motifs is 1. The molecule has 0 saturated carbocycles. The minimum Gasteiger partial charge on any atom is -0.308 e. The molecule has 0 fully saturated rings. The number of benzene rings is 1. The molecule has 0 atom stereocenters. The van der Waals surface area contributed by atoms with Crippen molar-refractivity contribution in [2.45, 2.75) is 46.2 Å². The molecule has 1 aromatic heterocycles. The Morgan fingerprint density at radius 1 is 1.17 bits per heavy atom. The SMILES string of the molecule is CCC(C)(C)NCc1ccc2nc(C)ccc2c1. The normalized spacial score (nSPS) is 12.0. The molecule has 1 N–H and O–H groups in total. The van der Waals surface area contributed by atoms with E-state index < -0.39 is 0 Å². The maximum atomic E-state index is 4.52. The zero-order valence-electron chi connectivity index (χ0n) is 11.7. The van der Waals surface area contributed by atoms with E-state index in [1.807, 2.05) is 6.92 Å². The minimum atomic E-state index is 0.195. The Morgan fingerprint density at radius 3 is 2.67 bits per heavy atom. The summed E-state index contributed by atoms with van der Waals surface area (Å²) in [5, 5.41) is 4.80. The van der Waals surface area contributed by atoms with E-state index in [0.29, 0.717) is 0 Å². The Bertz CT molecular complexity index is 544. The predicted octanol–water partition coefficient (Wildman–Crippen LogP) is 3.82. The highest BCUT2D eigenvalue weighted by Gasteiger charge is 2.13. The molecule has 0 aliphatic rings. The van der Waals surface area contributed by atoms with Crippen LogP contribution in [0, 0.1) is 6.92 Å². The summed E-state index contributed by atoms with van der Waals surface area (Å²) in [5.74, 6) is 0. The molecule has 0 saturated heterocycles. The quantitative estimate of drug-likeness (QED) is 0.881. The van der Waals surface area contributed by atoms with Gasteiger partial charge in [-0.15, -0.1) is 0 Å². The lowest BCUT2D eigenvalue weighted by atomic mass is 10.0. The molecule has 2 rings (SSSR count). The van der Waals surface area contributed by atoms with Gasteiger partial charge in [-0.1, -0.05) is 19.1 Å². The van der Waals surface area contributed by atoms with E-state index in [4.69, 9.17) is 0 Å². The molecule has 0 spiro atoms. The Balaban J connectivity index is 2.18. The second-order valence-electron chi connectivity index (χ2n) is 5.57. The molecule has 96 valence electrons. The fraction of sp³-hybridized carbons (Fsp3) is 0.438. The third kappa shape index (κ3) is 3.08.